The van der Waals surface area contributed by atoms with Crippen LogP contribution in [0.15, 0.2) is 41.7 Å². The monoisotopic (exact) mass is 359 g/mol. The standard InChI is InChI=1S/C23H37NO2/c1-3-4-5-6-7-8-9-10-14-17-21(22(26-2)23(24)25)19-18-20-15-12-11-13-16-20/h11-13,15-16H,3-10,14,17-19H2,1-2H3,(H2,24,25)/b22-21+. The maximum atomic E-state index is 11.7. The highest BCUT2D eigenvalue weighted by Crippen LogP contribution is 2.21. The molecule has 1 rings (SSSR count). The molecule has 0 saturated heterocycles. The van der Waals surface area contributed by atoms with Gasteiger partial charge in [0.15, 0.2) is 5.76 Å². The Labute approximate surface area is 160 Å². The third-order valence-electron chi connectivity index (χ3n) is 4.89. The minimum atomic E-state index is -0.452. The van der Waals surface area contributed by atoms with Crippen molar-refractivity contribution in [3.63, 3.8) is 0 Å². The molecular weight excluding hydrogens is 322 g/mol. The van der Waals surface area contributed by atoms with Crippen LogP contribution in [0.5, 0.6) is 0 Å². The number of benzene rings is 1. The molecule has 0 atom stereocenters. The van der Waals surface area contributed by atoms with Crippen molar-refractivity contribution in [3.8, 4) is 0 Å². The highest BCUT2D eigenvalue weighted by Gasteiger charge is 2.13. The maximum absolute atomic E-state index is 11.7. The van der Waals surface area contributed by atoms with Crippen LogP contribution in [-0.2, 0) is 16.0 Å². The van der Waals surface area contributed by atoms with Crippen molar-refractivity contribution in [2.45, 2.75) is 84.0 Å². The molecule has 3 heteroatoms. The number of allylic oxidation sites excluding steroid dienone is 1. The molecule has 0 bridgehead atoms. The van der Waals surface area contributed by atoms with Crippen molar-refractivity contribution in [3.05, 3.63) is 47.2 Å². The molecule has 0 heterocycles. The van der Waals surface area contributed by atoms with E-state index in [1.807, 2.05) is 18.2 Å². The lowest BCUT2D eigenvalue weighted by molar-refractivity contribution is -0.117. The van der Waals surface area contributed by atoms with E-state index >= 15 is 0 Å². The Kier molecular flexibility index (Phi) is 12.3. The van der Waals surface area contributed by atoms with Gasteiger partial charge in [-0.2, -0.15) is 0 Å². The zero-order valence-electron chi connectivity index (χ0n) is 16.8. The average Bonchev–Trinajstić information content (AvgIpc) is 2.65. The van der Waals surface area contributed by atoms with E-state index < -0.39 is 5.91 Å². The number of carbonyl (C=O) groups is 1. The van der Waals surface area contributed by atoms with Crippen molar-refractivity contribution >= 4 is 5.91 Å². The Morgan fingerprint density at radius 2 is 1.46 bits per heavy atom. The predicted molar refractivity (Wildman–Crippen MR) is 110 cm³/mol. The molecule has 0 aromatic heterocycles. The zero-order chi connectivity index (χ0) is 19.0. The van der Waals surface area contributed by atoms with Crippen LogP contribution in [0.3, 0.4) is 0 Å². The van der Waals surface area contributed by atoms with Crippen LogP contribution in [0.1, 0.15) is 83.1 Å². The first kappa shape index (κ1) is 22.3. The van der Waals surface area contributed by atoms with Gasteiger partial charge in [0, 0.05) is 0 Å². The molecule has 1 amide bonds. The summed E-state index contributed by atoms with van der Waals surface area (Å²) in [6, 6.07) is 10.3. The summed E-state index contributed by atoms with van der Waals surface area (Å²) in [5, 5.41) is 0. The summed E-state index contributed by atoms with van der Waals surface area (Å²) in [7, 11) is 1.54. The van der Waals surface area contributed by atoms with Crippen LogP contribution in [0, 0.1) is 0 Å². The van der Waals surface area contributed by atoms with E-state index in [2.05, 4.69) is 19.1 Å². The van der Waals surface area contributed by atoms with Crippen LogP contribution >= 0.6 is 0 Å². The van der Waals surface area contributed by atoms with Gasteiger partial charge >= 0.3 is 0 Å². The fourth-order valence-electron chi connectivity index (χ4n) is 3.36. The number of carbonyl (C=O) groups excluding carboxylic acids is 1. The Hall–Kier alpha value is -1.77. The van der Waals surface area contributed by atoms with Gasteiger partial charge in [-0.05, 0) is 36.8 Å². The van der Waals surface area contributed by atoms with Crippen molar-refractivity contribution in [2.24, 2.45) is 5.73 Å². The molecular formula is C23H37NO2. The van der Waals surface area contributed by atoms with Gasteiger partial charge in [0.25, 0.3) is 5.91 Å². The van der Waals surface area contributed by atoms with E-state index in [1.54, 1.807) is 7.11 Å². The van der Waals surface area contributed by atoms with Crippen LogP contribution in [0.25, 0.3) is 0 Å². The Morgan fingerprint density at radius 1 is 0.885 bits per heavy atom. The predicted octanol–water partition coefficient (Wildman–Crippen LogP) is 5.93. The molecule has 1 aromatic rings. The fourth-order valence-corrected chi connectivity index (χ4v) is 3.36. The largest absolute Gasteiger partial charge is 0.491 e. The van der Waals surface area contributed by atoms with Gasteiger partial charge in [-0.25, -0.2) is 0 Å². The highest BCUT2D eigenvalue weighted by molar-refractivity contribution is 5.90. The maximum Gasteiger partial charge on any atom is 0.283 e. The number of primary amides is 1. The van der Waals surface area contributed by atoms with Crippen molar-refractivity contribution in [2.75, 3.05) is 7.11 Å². The van der Waals surface area contributed by atoms with Gasteiger partial charge in [0.2, 0.25) is 0 Å². The van der Waals surface area contributed by atoms with E-state index in [0.29, 0.717) is 5.76 Å². The summed E-state index contributed by atoms with van der Waals surface area (Å²) in [4.78, 5) is 11.7. The molecule has 3 nitrogen and oxygen atoms in total. The lowest BCUT2D eigenvalue weighted by atomic mass is 9.97. The Morgan fingerprint density at radius 3 is 2.00 bits per heavy atom. The normalized spacial score (nSPS) is 11.9. The summed E-state index contributed by atoms with van der Waals surface area (Å²) in [6.07, 6.45) is 14.3. The number of methoxy groups -OCH3 is 1. The number of hydrogen-bond acceptors (Lipinski definition) is 2. The third kappa shape index (κ3) is 9.65. The third-order valence-corrected chi connectivity index (χ3v) is 4.89. The van der Waals surface area contributed by atoms with E-state index in [-0.39, 0.29) is 0 Å². The van der Waals surface area contributed by atoms with E-state index in [4.69, 9.17) is 10.5 Å². The quantitative estimate of drug-likeness (QED) is 0.240. The smallest absolute Gasteiger partial charge is 0.283 e. The molecule has 0 aliphatic rings. The molecule has 26 heavy (non-hydrogen) atoms. The molecule has 1 aromatic carbocycles. The molecule has 0 radical (unpaired) electrons. The second-order valence-electron chi connectivity index (χ2n) is 7.07. The summed E-state index contributed by atoms with van der Waals surface area (Å²) in [5.41, 5.74) is 7.84. The van der Waals surface area contributed by atoms with Crippen LogP contribution in [-0.4, -0.2) is 13.0 Å². The number of hydrogen-bond donors (Lipinski definition) is 1. The first-order valence-electron chi connectivity index (χ1n) is 10.3. The van der Waals surface area contributed by atoms with Gasteiger partial charge in [0.1, 0.15) is 0 Å². The summed E-state index contributed by atoms with van der Waals surface area (Å²) in [5.74, 6) is -0.0908. The van der Waals surface area contributed by atoms with Crippen LogP contribution in [0.4, 0.5) is 0 Å². The molecule has 0 saturated carbocycles. The molecule has 146 valence electrons. The van der Waals surface area contributed by atoms with Gasteiger partial charge in [-0.1, -0.05) is 88.6 Å². The summed E-state index contributed by atoms with van der Waals surface area (Å²) < 4.78 is 5.30. The van der Waals surface area contributed by atoms with E-state index in [1.165, 1.54) is 56.9 Å². The SMILES string of the molecule is CCCCCCCCCCC/C(CCc1ccccc1)=C(\OC)C(N)=O. The Bertz CT molecular complexity index is 522. The van der Waals surface area contributed by atoms with Crippen LogP contribution in [0.2, 0.25) is 0 Å². The van der Waals surface area contributed by atoms with Gasteiger partial charge in [-0.3, -0.25) is 4.79 Å². The summed E-state index contributed by atoms with van der Waals surface area (Å²) in [6.45, 7) is 2.25. The number of nitrogens with two attached hydrogens (primary N) is 1. The fraction of sp³-hybridized carbons (Fsp3) is 0.609. The average molecular weight is 360 g/mol. The number of aryl methyl sites for hydroxylation is 1. The van der Waals surface area contributed by atoms with Gasteiger partial charge in [-0.15, -0.1) is 0 Å². The zero-order valence-corrected chi connectivity index (χ0v) is 16.8. The first-order valence-corrected chi connectivity index (χ1v) is 10.3. The topological polar surface area (TPSA) is 52.3 Å². The van der Waals surface area contributed by atoms with Crippen LogP contribution < -0.4 is 5.73 Å². The number of ether oxygens (including phenoxy) is 1. The second-order valence-corrected chi connectivity index (χ2v) is 7.07. The molecule has 0 fully saturated rings. The van der Waals surface area contributed by atoms with Crippen molar-refractivity contribution < 1.29 is 9.53 Å². The minimum Gasteiger partial charge on any atom is -0.491 e. The number of amides is 1. The molecule has 0 unspecified atom stereocenters. The molecule has 2 N–H and O–H groups in total. The lowest BCUT2D eigenvalue weighted by Crippen LogP contribution is -2.17. The van der Waals surface area contributed by atoms with E-state index in [0.717, 1.165) is 31.3 Å². The molecule has 0 spiro atoms. The summed E-state index contributed by atoms with van der Waals surface area (Å²) >= 11 is 0. The van der Waals surface area contributed by atoms with Crippen molar-refractivity contribution in [1.29, 1.82) is 0 Å². The lowest BCUT2D eigenvalue weighted by Gasteiger charge is -2.12. The second kappa shape index (κ2) is 14.4. The van der Waals surface area contributed by atoms with Gasteiger partial charge < -0.3 is 10.5 Å². The molecule has 0 aliphatic carbocycles. The minimum absolute atomic E-state index is 0.362. The Balaban J connectivity index is 2.39. The van der Waals surface area contributed by atoms with Gasteiger partial charge in [0.05, 0.1) is 7.11 Å². The molecule has 0 aliphatic heterocycles. The highest BCUT2D eigenvalue weighted by atomic mass is 16.5. The number of rotatable bonds is 15. The van der Waals surface area contributed by atoms with Crippen molar-refractivity contribution in [1.82, 2.24) is 0 Å². The first-order chi connectivity index (χ1) is 12.7. The number of unbranched alkanes of at least 4 members (excludes halogenated alkanes) is 8. The van der Waals surface area contributed by atoms with E-state index in [9.17, 15) is 4.79 Å².